The fourth-order valence-corrected chi connectivity index (χ4v) is 7.63. The number of aliphatic hydroxyl groups excluding tert-OH is 1. The standard InChI is InChI=1S/C22H22Cl2FN7O12P2/c23-7-1-9-10(2-8(7)24)31(5-27-9)21-17-15(33)11(41-21)3-39-45(35,36)43-16-12(4-40-46(37,38)44-17)42-20(13(16)25)32-6-28-14-18(32)29-22(26)30-19(14)34/h1-2,5-6,11-13,15-17,20-21,33H,3-4H2,(H,35,36)(H,37,38)(H3,26,29,30,34)/t11-,12-,13+,15+,16?,17?,20-,21-/m1/s1. The van der Waals surface area contributed by atoms with Crippen molar-refractivity contribution in [3.8, 4) is 0 Å². The molecule has 6 heterocycles. The molecule has 2 bridgehead atoms. The summed E-state index contributed by atoms with van der Waals surface area (Å²) >= 11 is 12.2. The SMILES string of the molecule is Nc1nc2c(ncn2[C@@H]2O[C@@H]3COP(=O)(O)OC4[C@@H](O)[C@@H](COP(=O)(O)OC3[C@@H]2F)O[C@H]4n2cnc3cc(Cl)c(Cl)cc32)c(=O)[nH]1. The zero-order valence-electron chi connectivity index (χ0n) is 22.7. The molecule has 3 aromatic heterocycles. The largest absolute Gasteiger partial charge is 0.472 e. The Bertz CT molecular complexity index is 2000. The lowest BCUT2D eigenvalue weighted by molar-refractivity contribution is -0.0669. The molecule has 0 saturated carbocycles. The Morgan fingerprint density at radius 2 is 1.59 bits per heavy atom. The van der Waals surface area contributed by atoms with Crippen LogP contribution in [0.1, 0.15) is 12.5 Å². The summed E-state index contributed by atoms with van der Waals surface area (Å²) in [5.74, 6) is -0.311. The lowest BCUT2D eigenvalue weighted by Crippen LogP contribution is -2.35. The zero-order valence-corrected chi connectivity index (χ0v) is 26.0. The van der Waals surface area contributed by atoms with Gasteiger partial charge in [-0.3, -0.25) is 32.4 Å². The van der Waals surface area contributed by atoms with E-state index in [2.05, 4.69) is 19.9 Å². The number of hydrogen-bond donors (Lipinski definition) is 5. The molecule has 10 atom stereocenters. The van der Waals surface area contributed by atoms with Crippen molar-refractivity contribution in [1.82, 2.24) is 29.1 Å². The summed E-state index contributed by atoms with van der Waals surface area (Å²) in [5.41, 5.74) is 5.17. The van der Waals surface area contributed by atoms with Gasteiger partial charge in [0.1, 0.15) is 30.5 Å². The number of aliphatic hydroxyl groups is 1. The first-order valence-electron chi connectivity index (χ1n) is 13.2. The van der Waals surface area contributed by atoms with E-state index in [4.69, 9.17) is 56.5 Å². The van der Waals surface area contributed by atoms with Crippen LogP contribution in [0, 0.1) is 0 Å². The maximum atomic E-state index is 15.9. The second-order valence-electron chi connectivity index (χ2n) is 10.4. The molecule has 0 spiro atoms. The number of nitrogen functional groups attached to an aromatic ring is 1. The van der Waals surface area contributed by atoms with Crippen molar-refractivity contribution >= 4 is 67.0 Å². The number of alkyl halides is 1. The number of halogens is 3. The van der Waals surface area contributed by atoms with Crippen molar-refractivity contribution in [2.45, 2.75) is 49.1 Å². The number of hydrogen-bond acceptors (Lipinski definition) is 14. The molecule has 7 rings (SSSR count). The number of aromatic nitrogens is 6. The lowest BCUT2D eigenvalue weighted by atomic mass is 10.1. The number of aromatic amines is 1. The Balaban J connectivity index is 1.21. The molecule has 4 unspecified atom stereocenters. The molecule has 0 amide bonds. The van der Waals surface area contributed by atoms with Crippen molar-refractivity contribution in [1.29, 1.82) is 0 Å². The van der Waals surface area contributed by atoms with Gasteiger partial charge in [-0.15, -0.1) is 0 Å². The van der Waals surface area contributed by atoms with Crippen LogP contribution >= 0.6 is 38.8 Å². The van der Waals surface area contributed by atoms with Crippen LogP contribution in [0.5, 0.6) is 0 Å². The number of anilines is 1. The number of H-pyrrole nitrogens is 1. The maximum Gasteiger partial charge on any atom is 0.472 e. The zero-order chi connectivity index (χ0) is 32.7. The highest BCUT2D eigenvalue weighted by molar-refractivity contribution is 7.47. The highest BCUT2D eigenvalue weighted by atomic mass is 35.5. The highest BCUT2D eigenvalue weighted by Crippen LogP contribution is 2.54. The van der Waals surface area contributed by atoms with Gasteiger partial charge < -0.3 is 34.7 Å². The second kappa shape index (κ2) is 11.6. The van der Waals surface area contributed by atoms with Crippen LogP contribution in [0.3, 0.4) is 0 Å². The molecule has 248 valence electrons. The Morgan fingerprint density at radius 3 is 2.33 bits per heavy atom. The number of nitrogens with one attached hydrogen (secondary N) is 1. The van der Waals surface area contributed by atoms with Gasteiger partial charge in [-0.05, 0) is 12.1 Å². The van der Waals surface area contributed by atoms with Crippen LogP contribution in [0.2, 0.25) is 10.0 Å². The first-order valence-corrected chi connectivity index (χ1v) is 16.9. The van der Waals surface area contributed by atoms with Gasteiger partial charge >= 0.3 is 15.6 Å². The summed E-state index contributed by atoms with van der Waals surface area (Å²) in [4.78, 5) is 47.7. The minimum absolute atomic E-state index is 0.147. The Hall–Kier alpha value is -2.55. The van der Waals surface area contributed by atoms with E-state index in [1.807, 2.05) is 0 Å². The summed E-state index contributed by atoms with van der Waals surface area (Å²) in [6.45, 7) is -1.75. The maximum absolute atomic E-state index is 15.9. The van der Waals surface area contributed by atoms with Gasteiger partial charge in [0, 0.05) is 0 Å². The molecule has 3 aliphatic rings. The van der Waals surface area contributed by atoms with Crippen LogP contribution in [-0.2, 0) is 36.7 Å². The van der Waals surface area contributed by atoms with E-state index in [-0.39, 0.29) is 27.2 Å². The smallest absolute Gasteiger partial charge is 0.387 e. The number of phosphoric ester groups is 2. The molecule has 19 nitrogen and oxygen atoms in total. The van der Waals surface area contributed by atoms with Crippen molar-refractivity contribution in [3.63, 3.8) is 0 Å². The predicted molar refractivity (Wildman–Crippen MR) is 152 cm³/mol. The third-order valence-electron chi connectivity index (χ3n) is 7.51. The van der Waals surface area contributed by atoms with Gasteiger partial charge in [-0.1, -0.05) is 23.2 Å². The first-order chi connectivity index (χ1) is 21.7. The topological polar surface area (TPSA) is 258 Å². The summed E-state index contributed by atoms with van der Waals surface area (Å²) in [7, 11) is -10.3. The van der Waals surface area contributed by atoms with E-state index >= 15 is 4.39 Å². The Morgan fingerprint density at radius 1 is 0.957 bits per heavy atom. The molecule has 3 aliphatic heterocycles. The van der Waals surface area contributed by atoms with E-state index in [1.54, 1.807) is 0 Å². The third kappa shape index (κ3) is 5.66. The number of rotatable bonds is 2. The fourth-order valence-electron chi connectivity index (χ4n) is 5.43. The van der Waals surface area contributed by atoms with Crippen molar-refractivity contribution in [3.05, 3.63) is 45.2 Å². The van der Waals surface area contributed by atoms with Crippen LogP contribution in [-0.4, -0.2) is 93.9 Å². The van der Waals surface area contributed by atoms with Crippen LogP contribution < -0.4 is 11.3 Å². The first kappa shape index (κ1) is 32.0. The number of nitrogens with zero attached hydrogens (tertiary/aromatic N) is 5. The molecular formula is C22H22Cl2FN7O12P2. The van der Waals surface area contributed by atoms with Crippen LogP contribution in [0.25, 0.3) is 22.2 Å². The number of imidazole rings is 2. The number of nitrogens with two attached hydrogens (primary N) is 1. The van der Waals surface area contributed by atoms with Gasteiger partial charge in [0.05, 0.1) is 46.9 Å². The van der Waals surface area contributed by atoms with E-state index in [9.17, 15) is 28.8 Å². The normalized spacial score (nSPS) is 37.2. The van der Waals surface area contributed by atoms with Crippen LogP contribution in [0.15, 0.2) is 29.6 Å². The van der Waals surface area contributed by atoms with E-state index in [0.29, 0.717) is 11.0 Å². The van der Waals surface area contributed by atoms with E-state index < -0.39 is 83.6 Å². The quantitative estimate of drug-likeness (QED) is 0.184. The number of phosphoric acid groups is 2. The summed E-state index contributed by atoms with van der Waals surface area (Å²) < 4.78 is 76.7. The minimum Gasteiger partial charge on any atom is -0.387 e. The van der Waals surface area contributed by atoms with Crippen molar-refractivity contribution < 1.29 is 56.0 Å². The van der Waals surface area contributed by atoms with Gasteiger partial charge in [-0.25, -0.2) is 23.5 Å². The molecule has 3 fully saturated rings. The van der Waals surface area contributed by atoms with Gasteiger partial charge in [0.2, 0.25) is 5.95 Å². The predicted octanol–water partition coefficient (Wildman–Crippen LogP) is 1.57. The molecule has 6 N–H and O–H groups in total. The average molecular weight is 728 g/mol. The molecule has 1 aromatic carbocycles. The second-order valence-corrected chi connectivity index (χ2v) is 14.0. The van der Waals surface area contributed by atoms with Crippen LogP contribution in [0.4, 0.5) is 10.3 Å². The van der Waals surface area contributed by atoms with E-state index in [0.717, 1.165) is 10.9 Å². The fraction of sp³-hybridized carbons (Fsp3) is 0.455. The Kier molecular flexibility index (Phi) is 8.04. The average Bonchev–Trinajstić information content (AvgIpc) is 3.72. The summed E-state index contributed by atoms with van der Waals surface area (Å²) in [6, 6.07) is 2.90. The number of benzene rings is 1. The Labute approximate surface area is 265 Å². The molecule has 0 radical (unpaired) electrons. The monoisotopic (exact) mass is 727 g/mol. The third-order valence-corrected chi connectivity index (χ3v) is 10.2. The summed E-state index contributed by atoms with van der Waals surface area (Å²) in [5, 5.41) is 11.4. The lowest BCUT2D eigenvalue weighted by Gasteiger charge is -2.25. The van der Waals surface area contributed by atoms with Gasteiger partial charge in [0.25, 0.3) is 5.56 Å². The van der Waals surface area contributed by atoms with Gasteiger partial charge in [0.15, 0.2) is 29.8 Å². The molecule has 4 aromatic rings. The molecule has 0 aliphatic carbocycles. The highest BCUT2D eigenvalue weighted by Gasteiger charge is 2.54. The minimum atomic E-state index is -5.15. The van der Waals surface area contributed by atoms with Crippen molar-refractivity contribution in [2.24, 2.45) is 0 Å². The molecule has 46 heavy (non-hydrogen) atoms. The molecular weight excluding hydrogens is 706 g/mol. The number of ether oxygens (including phenoxy) is 2. The molecule has 24 heteroatoms. The summed E-state index contributed by atoms with van der Waals surface area (Å²) in [6.07, 6.45) is -11.5. The molecule has 3 saturated heterocycles. The van der Waals surface area contributed by atoms with Crippen molar-refractivity contribution in [2.75, 3.05) is 18.9 Å². The van der Waals surface area contributed by atoms with Gasteiger partial charge in [-0.2, -0.15) is 4.98 Å². The van der Waals surface area contributed by atoms with E-state index in [1.165, 1.54) is 23.0 Å². The number of fused-ring (bicyclic) bond motifs is 5.